The smallest absolute Gasteiger partial charge is 0.0499 e. The molecule has 2 fully saturated rings. The zero-order valence-electron chi connectivity index (χ0n) is 12.4. The molecule has 18 heavy (non-hydrogen) atoms. The Labute approximate surface area is 112 Å². The average Bonchev–Trinajstić information content (AvgIpc) is 2.78. The zero-order valence-corrected chi connectivity index (χ0v) is 12.4. The van der Waals surface area contributed by atoms with Crippen molar-refractivity contribution in [3.63, 3.8) is 0 Å². The van der Waals surface area contributed by atoms with Gasteiger partial charge in [0.2, 0.25) is 0 Å². The molecular formula is C15H30N2O. The molecule has 0 aromatic carbocycles. The van der Waals surface area contributed by atoms with Crippen LogP contribution in [0.4, 0.5) is 0 Å². The Balaban J connectivity index is 1.83. The third-order valence-corrected chi connectivity index (χ3v) is 4.88. The molecule has 0 unspecified atom stereocenters. The van der Waals surface area contributed by atoms with Crippen molar-refractivity contribution in [2.24, 2.45) is 5.41 Å². The first kappa shape index (κ1) is 14.3. The fraction of sp³-hybridized carbons (Fsp3) is 1.00. The molecule has 0 aromatic heterocycles. The largest absolute Gasteiger partial charge is 0.396 e. The second-order valence-electron chi connectivity index (χ2n) is 7.30. The third-order valence-electron chi connectivity index (χ3n) is 4.88. The van der Waals surface area contributed by atoms with E-state index in [9.17, 15) is 5.11 Å². The van der Waals surface area contributed by atoms with E-state index in [-0.39, 0.29) is 5.41 Å². The summed E-state index contributed by atoms with van der Waals surface area (Å²) in [6.45, 7) is 13.1. The van der Waals surface area contributed by atoms with Crippen molar-refractivity contribution in [1.29, 1.82) is 0 Å². The summed E-state index contributed by atoms with van der Waals surface area (Å²) < 4.78 is 0. The molecule has 1 heterocycles. The van der Waals surface area contributed by atoms with Crippen LogP contribution in [0, 0.1) is 5.41 Å². The van der Waals surface area contributed by atoms with Gasteiger partial charge in [0.25, 0.3) is 0 Å². The van der Waals surface area contributed by atoms with E-state index in [0.717, 1.165) is 6.54 Å². The predicted octanol–water partition coefficient (Wildman–Crippen LogP) is 1.96. The van der Waals surface area contributed by atoms with Gasteiger partial charge in [-0.2, -0.15) is 0 Å². The van der Waals surface area contributed by atoms with Crippen LogP contribution >= 0.6 is 0 Å². The molecule has 1 saturated carbocycles. The van der Waals surface area contributed by atoms with Gasteiger partial charge in [-0.1, -0.05) is 12.8 Å². The lowest BCUT2D eigenvalue weighted by Crippen LogP contribution is -2.55. The number of hydrogen-bond acceptors (Lipinski definition) is 3. The Morgan fingerprint density at radius 3 is 2.00 bits per heavy atom. The van der Waals surface area contributed by atoms with Gasteiger partial charge in [0.05, 0.1) is 0 Å². The van der Waals surface area contributed by atoms with Gasteiger partial charge in [-0.15, -0.1) is 0 Å². The van der Waals surface area contributed by atoms with Gasteiger partial charge in [0.1, 0.15) is 0 Å². The molecular weight excluding hydrogens is 224 g/mol. The van der Waals surface area contributed by atoms with Crippen LogP contribution in [-0.4, -0.2) is 59.8 Å². The van der Waals surface area contributed by atoms with Crippen LogP contribution in [0.25, 0.3) is 0 Å². The SMILES string of the molecule is CC(C)(C)N1CCN(CC2(CO)CCCC2)CC1. The Morgan fingerprint density at radius 2 is 1.56 bits per heavy atom. The van der Waals surface area contributed by atoms with Gasteiger partial charge in [-0.25, -0.2) is 0 Å². The Morgan fingerprint density at radius 1 is 1.00 bits per heavy atom. The standard InChI is InChI=1S/C15H30N2O/c1-14(2,3)17-10-8-16(9-11-17)12-15(13-18)6-4-5-7-15/h18H,4-13H2,1-3H3. The Hall–Kier alpha value is -0.120. The molecule has 2 rings (SSSR count). The van der Waals surface area contributed by atoms with Gasteiger partial charge < -0.3 is 10.0 Å². The first-order chi connectivity index (χ1) is 8.45. The lowest BCUT2D eigenvalue weighted by atomic mass is 9.86. The van der Waals surface area contributed by atoms with Crippen LogP contribution in [0.5, 0.6) is 0 Å². The second-order valence-corrected chi connectivity index (χ2v) is 7.30. The van der Waals surface area contributed by atoms with E-state index >= 15 is 0 Å². The minimum atomic E-state index is 0.226. The first-order valence-electron chi connectivity index (χ1n) is 7.54. The van der Waals surface area contributed by atoms with Crippen molar-refractivity contribution in [2.75, 3.05) is 39.3 Å². The summed E-state index contributed by atoms with van der Waals surface area (Å²) in [5.74, 6) is 0. The fourth-order valence-electron chi connectivity index (χ4n) is 3.54. The maximum Gasteiger partial charge on any atom is 0.0499 e. The van der Waals surface area contributed by atoms with Gasteiger partial charge in [-0.05, 0) is 33.6 Å². The summed E-state index contributed by atoms with van der Waals surface area (Å²) >= 11 is 0. The van der Waals surface area contributed by atoms with Gasteiger partial charge in [0, 0.05) is 50.3 Å². The van der Waals surface area contributed by atoms with Crippen molar-refractivity contribution >= 4 is 0 Å². The van der Waals surface area contributed by atoms with Gasteiger partial charge in [0.15, 0.2) is 0 Å². The van der Waals surface area contributed by atoms with Crippen molar-refractivity contribution in [3.8, 4) is 0 Å². The molecule has 3 heteroatoms. The summed E-state index contributed by atoms with van der Waals surface area (Å²) in [4.78, 5) is 5.15. The molecule has 106 valence electrons. The monoisotopic (exact) mass is 254 g/mol. The van der Waals surface area contributed by atoms with Gasteiger partial charge in [-0.3, -0.25) is 4.90 Å². The maximum absolute atomic E-state index is 9.69. The van der Waals surface area contributed by atoms with E-state index in [1.165, 1.54) is 51.9 Å². The van der Waals surface area contributed by atoms with Crippen LogP contribution in [-0.2, 0) is 0 Å². The molecule has 0 aromatic rings. The highest BCUT2D eigenvalue weighted by Crippen LogP contribution is 2.38. The molecule has 0 bridgehead atoms. The molecule has 1 N–H and O–H groups in total. The van der Waals surface area contributed by atoms with E-state index in [1.54, 1.807) is 0 Å². The molecule has 1 aliphatic carbocycles. The zero-order chi connectivity index (χ0) is 13.2. The number of hydrogen-bond donors (Lipinski definition) is 1. The number of aliphatic hydroxyl groups excluding tert-OH is 1. The first-order valence-corrected chi connectivity index (χ1v) is 7.54. The van der Waals surface area contributed by atoms with Crippen LogP contribution in [0.3, 0.4) is 0 Å². The van der Waals surface area contributed by atoms with E-state index < -0.39 is 0 Å². The normalized spacial score (nSPS) is 26.7. The van der Waals surface area contributed by atoms with Crippen LogP contribution in [0.2, 0.25) is 0 Å². The minimum absolute atomic E-state index is 0.226. The minimum Gasteiger partial charge on any atom is -0.396 e. The fourth-order valence-corrected chi connectivity index (χ4v) is 3.54. The van der Waals surface area contributed by atoms with E-state index in [2.05, 4.69) is 30.6 Å². The molecule has 0 spiro atoms. The van der Waals surface area contributed by atoms with Crippen molar-refractivity contribution in [2.45, 2.75) is 52.0 Å². The van der Waals surface area contributed by atoms with E-state index in [4.69, 9.17) is 0 Å². The molecule has 2 aliphatic rings. The maximum atomic E-state index is 9.69. The highest BCUT2D eigenvalue weighted by molar-refractivity contribution is 4.89. The molecule has 0 radical (unpaired) electrons. The molecule has 1 saturated heterocycles. The quantitative estimate of drug-likeness (QED) is 0.834. The highest BCUT2D eigenvalue weighted by atomic mass is 16.3. The lowest BCUT2D eigenvalue weighted by molar-refractivity contribution is 0.0230. The Kier molecular flexibility index (Phi) is 4.35. The van der Waals surface area contributed by atoms with Crippen molar-refractivity contribution in [3.05, 3.63) is 0 Å². The molecule has 1 aliphatic heterocycles. The van der Waals surface area contributed by atoms with Crippen LogP contribution in [0.15, 0.2) is 0 Å². The van der Waals surface area contributed by atoms with Crippen LogP contribution < -0.4 is 0 Å². The molecule has 0 atom stereocenters. The average molecular weight is 254 g/mol. The number of rotatable bonds is 3. The third kappa shape index (κ3) is 3.25. The Bertz CT molecular complexity index is 258. The molecule has 0 amide bonds. The predicted molar refractivity (Wildman–Crippen MR) is 75.8 cm³/mol. The van der Waals surface area contributed by atoms with E-state index in [0.29, 0.717) is 12.1 Å². The lowest BCUT2D eigenvalue weighted by Gasteiger charge is -2.44. The second kappa shape index (κ2) is 5.48. The number of aliphatic hydroxyl groups is 1. The van der Waals surface area contributed by atoms with E-state index in [1.807, 2.05) is 0 Å². The highest BCUT2D eigenvalue weighted by Gasteiger charge is 2.36. The summed E-state index contributed by atoms with van der Waals surface area (Å²) in [5, 5.41) is 9.69. The van der Waals surface area contributed by atoms with Crippen molar-refractivity contribution in [1.82, 2.24) is 9.80 Å². The summed E-state index contributed by atoms with van der Waals surface area (Å²) in [7, 11) is 0. The van der Waals surface area contributed by atoms with Crippen molar-refractivity contribution < 1.29 is 5.11 Å². The number of piperazine rings is 1. The van der Waals surface area contributed by atoms with Gasteiger partial charge >= 0.3 is 0 Å². The summed E-state index contributed by atoms with van der Waals surface area (Å²) in [5.41, 5.74) is 0.526. The summed E-state index contributed by atoms with van der Waals surface area (Å²) in [6, 6.07) is 0. The molecule has 3 nitrogen and oxygen atoms in total. The number of nitrogens with zero attached hydrogens (tertiary/aromatic N) is 2. The van der Waals surface area contributed by atoms with Crippen LogP contribution in [0.1, 0.15) is 46.5 Å². The topological polar surface area (TPSA) is 26.7 Å². The summed E-state index contributed by atoms with van der Waals surface area (Å²) in [6.07, 6.45) is 5.07.